The number of fused-ring (bicyclic) bond motifs is 21. The van der Waals surface area contributed by atoms with Gasteiger partial charge in [-0.1, -0.05) is 194 Å². The van der Waals surface area contributed by atoms with Crippen LogP contribution >= 0.6 is 11.3 Å². The van der Waals surface area contributed by atoms with Crippen molar-refractivity contribution in [2.24, 2.45) is 0 Å². The number of benzene rings is 10. The maximum absolute atomic E-state index is 2.58. The zero-order valence-corrected chi connectivity index (χ0v) is 35.0. The molecule has 3 aliphatic rings. The molecule has 0 bridgehead atoms. The van der Waals surface area contributed by atoms with Crippen molar-refractivity contribution in [1.29, 1.82) is 0 Å². The highest BCUT2D eigenvalue weighted by molar-refractivity contribution is 7.26. The van der Waals surface area contributed by atoms with Gasteiger partial charge in [0.25, 0.3) is 0 Å². The van der Waals surface area contributed by atoms with Crippen molar-refractivity contribution in [2.45, 2.75) is 5.41 Å². The van der Waals surface area contributed by atoms with Gasteiger partial charge in [0.1, 0.15) is 0 Å². The number of rotatable bonds is 3. The van der Waals surface area contributed by atoms with Gasteiger partial charge in [0.05, 0.1) is 21.5 Å². The molecule has 2 heteroatoms. The lowest BCUT2D eigenvalue weighted by Crippen LogP contribution is -2.26. The second-order valence-electron chi connectivity index (χ2n) is 17.0. The molecule has 3 aliphatic carbocycles. The van der Waals surface area contributed by atoms with Gasteiger partial charge in [0.2, 0.25) is 0 Å². The van der Waals surface area contributed by atoms with Crippen LogP contribution in [-0.2, 0) is 5.41 Å². The van der Waals surface area contributed by atoms with E-state index in [4.69, 9.17) is 0 Å². The Kier molecular flexibility index (Phi) is 7.26. The summed E-state index contributed by atoms with van der Waals surface area (Å²) in [5, 5.41) is 2.58. The number of nitrogens with zero attached hydrogens (tertiary/aromatic N) is 1. The second-order valence-corrected chi connectivity index (χ2v) is 18.1. The third-order valence-electron chi connectivity index (χ3n) is 14.1. The van der Waals surface area contributed by atoms with E-state index in [-0.39, 0.29) is 0 Å². The van der Waals surface area contributed by atoms with Crippen LogP contribution in [0.15, 0.2) is 224 Å². The monoisotopic (exact) mass is 815 g/mol. The van der Waals surface area contributed by atoms with Gasteiger partial charge in [-0.05, 0) is 114 Å². The first-order chi connectivity index (χ1) is 31.3. The molecular weight excluding hydrogens is 779 g/mol. The lowest BCUT2D eigenvalue weighted by atomic mass is 9.70. The first-order valence-corrected chi connectivity index (χ1v) is 22.7. The molecule has 1 nitrogen and oxygen atoms in total. The summed E-state index contributed by atoms with van der Waals surface area (Å²) >= 11 is 1.89. The molecule has 1 aromatic heterocycles. The first kappa shape index (κ1) is 34.9. The molecule has 0 saturated heterocycles. The summed E-state index contributed by atoms with van der Waals surface area (Å²) in [4.78, 5) is 2.58. The molecule has 11 aromatic rings. The Morgan fingerprint density at radius 2 is 0.730 bits per heavy atom. The highest BCUT2D eigenvalue weighted by Gasteiger charge is 2.52. The Hall–Kier alpha value is -7.78. The Morgan fingerprint density at radius 1 is 0.302 bits per heavy atom. The average molecular weight is 816 g/mol. The van der Waals surface area contributed by atoms with Crippen LogP contribution in [0.4, 0.5) is 17.1 Å². The van der Waals surface area contributed by atoms with Crippen molar-refractivity contribution in [2.75, 3.05) is 4.90 Å². The lowest BCUT2D eigenvalue weighted by molar-refractivity contribution is 0.794. The van der Waals surface area contributed by atoms with Crippen LogP contribution in [0.3, 0.4) is 0 Å². The summed E-state index contributed by atoms with van der Waals surface area (Å²) in [6.45, 7) is 0. The van der Waals surface area contributed by atoms with Gasteiger partial charge < -0.3 is 4.90 Å². The fourth-order valence-electron chi connectivity index (χ4n) is 11.6. The van der Waals surface area contributed by atoms with Gasteiger partial charge in [-0.3, -0.25) is 0 Å². The van der Waals surface area contributed by atoms with E-state index in [1.807, 2.05) is 11.3 Å². The van der Waals surface area contributed by atoms with Crippen molar-refractivity contribution in [3.8, 4) is 66.8 Å². The second kappa shape index (κ2) is 13.1. The number of thiophene rings is 1. The van der Waals surface area contributed by atoms with Crippen LogP contribution in [0.25, 0.3) is 86.9 Å². The minimum atomic E-state index is -0.452. The molecule has 292 valence electrons. The highest BCUT2D eigenvalue weighted by Crippen LogP contribution is 2.65. The van der Waals surface area contributed by atoms with E-state index in [0.717, 1.165) is 5.69 Å². The molecule has 0 saturated carbocycles. The molecule has 0 N–H and O–H groups in total. The molecule has 0 unspecified atom stereocenters. The summed E-state index contributed by atoms with van der Waals surface area (Å²) < 4.78 is 2.57. The van der Waals surface area contributed by atoms with Crippen LogP contribution in [0.1, 0.15) is 22.3 Å². The van der Waals surface area contributed by atoms with Gasteiger partial charge in [-0.25, -0.2) is 0 Å². The Balaban J connectivity index is 1.10. The molecule has 1 heterocycles. The van der Waals surface area contributed by atoms with E-state index in [2.05, 4.69) is 229 Å². The molecule has 0 amide bonds. The van der Waals surface area contributed by atoms with Crippen LogP contribution in [0.5, 0.6) is 0 Å². The van der Waals surface area contributed by atoms with Gasteiger partial charge in [0.15, 0.2) is 0 Å². The fourth-order valence-corrected chi connectivity index (χ4v) is 12.8. The van der Waals surface area contributed by atoms with E-state index in [9.17, 15) is 0 Å². The standard InChI is InChI=1S/C61H37NS/c1-2-18-40-39(17-1)41-19-3-4-21-43(41)45-36-35-38(37-51(45)44-22-6-5-20-42(40)44)62(57-33-15-27-49-48-25-10-14-34-58(48)63-60(49)57)56-32-16-31-55-59(56)50-26-9-13-30-54(50)61(55)52-28-11-7-23-46(52)47-24-8-12-29-53(47)61/h1-37H. The summed E-state index contributed by atoms with van der Waals surface area (Å²) in [7, 11) is 0. The third kappa shape index (κ3) is 4.66. The van der Waals surface area contributed by atoms with E-state index in [1.54, 1.807) is 0 Å². The summed E-state index contributed by atoms with van der Waals surface area (Å²) in [6, 6.07) is 84.3. The first-order valence-electron chi connectivity index (χ1n) is 21.8. The maximum Gasteiger partial charge on any atom is 0.0726 e. The number of anilines is 3. The summed E-state index contributed by atoms with van der Waals surface area (Å²) in [5.74, 6) is 0. The van der Waals surface area contributed by atoms with Gasteiger partial charge >= 0.3 is 0 Å². The number of hydrogen-bond acceptors (Lipinski definition) is 2. The minimum absolute atomic E-state index is 0.452. The zero-order valence-electron chi connectivity index (χ0n) is 34.2. The zero-order chi connectivity index (χ0) is 41.2. The molecule has 63 heavy (non-hydrogen) atoms. The minimum Gasteiger partial charge on any atom is -0.308 e. The van der Waals surface area contributed by atoms with Crippen LogP contribution in [0, 0.1) is 0 Å². The van der Waals surface area contributed by atoms with Crippen molar-refractivity contribution in [1.82, 2.24) is 0 Å². The van der Waals surface area contributed by atoms with Crippen LogP contribution < -0.4 is 4.90 Å². The maximum atomic E-state index is 2.58. The molecule has 0 fully saturated rings. The van der Waals surface area contributed by atoms with E-state index in [0.29, 0.717) is 0 Å². The molecule has 0 aliphatic heterocycles. The van der Waals surface area contributed by atoms with Gasteiger partial charge in [-0.15, -0.1) is 11.3 Å². The largest absolute Gasteiger partial charge is 0.308 e. The molecular formula is C61H37NS. The van der Waals surface area contributed by atoms with Crippen molar-refractivity contribution in [3.63, 3.8) is 0 Å². The molecule has 0 atom stereocenters. The topological polar surface area (TPSA) is 3.24 Å². The quantitative estimate of drug-likeness (QED) is 0.172. The Labute approximate surface area is 370 Å². The normalized spacial score (nSPS) is 13.2. The van der Waals surface area contributed by atoms with Gasteiger partial charge in [0, 0.05) is 26.7 Å². The summed E-state index contributed by atoms with van der Waals surface area (Å²) in [5.41, 5.74) is 23.5. The van der Waals surface area contributed by atoms with E-state index >= 15 is 0 Å². The fraction of sp³-hybridized carbons (Fsp3) is 0.0164. The lowest BCUT2D eigenvalue weighted by Gasteiger charge is -2.32. The van der Waals surface area contributed by atoms with E-state index in [1.165, 1.54) is 121 Å². The van der Waals surface area contributed by atoms with Crippen molar-refractivity contribution < 1.29 is 0 Å². The van der Waals surface area contributed by atoms with Crippen molar-refractivity contribution >= 4 is 48.6 Å². The summed E-state index contributed by atoms with van der Waals surface area (Å²) in [6.07, 6.45) is 0. The predicted octanol–water partition coefficient (Wildman–Crippen LogP) is 16.8. The molecule has 14 rings (SSSR count). The van der Waals surface area contributed by atoms with Gasteiger partial charge in [-0.2, -0.15) is 0 Å². The van der Waals surface area contributed by atoms with E-state index < -0.39 is 5.41 Å². The molecule has 0 radical (unpaired) electrons. The predicted molar refractivity (Wildman–Crippen MR) is 266 cm³/mol. The van der Waals surface area contributed by atoms with Crippen molar-refractivity contribution in [3.05, 3.63) is 247 Å². The smallest absolute Gasteiger partial charge is 0.0726 e. The highest BCUT2D eigenvalue weighted by atomic mass is 32.1. The molecule has 10 aromatic carbocycles. The van der Waals surface area contributed by atoms with Crippen LogP contribution in [0.2, 0.25) is 0 Å². The average Bonchev–Trinajstić information content (AvgIpc) is 3.99. The Bertz CT molecular complexity index is 3670. The number of hydrogen-bond donors (Lipinski definition) is 0. The van der Waals surface area contributed by atoms with Crippen LogP contribution in [-0.4, -0.2) is 0 Å². The molecule has 1 spiro atoms. The third-order valence-corrected chi connectivity index (χ3v) is 15.3. The SMILES string of the molecule is c1ccc2c(c1)-c1ccccc1-c1ccc(N(c3cccc4c3-c3ccccc3C43c4ccccc4-c4ccccc43)c3cccc4c3sc3ccccc34)cc1-c1ccccc1-2. The Morgan fingerprint density at radius 3 is 1.35 bits per heavy atom.